The van der Waals surface area contributed by atoms with Crippen molar-refractivity contribution in [3.05, 3.63) is 41.9 Å². The lowest BCUT2D eigenvalue weighted by Gasteiger charge is -2.28. The highest BCUT2D eigenvalue weighted by Gasteiger charge is 2.37. The normalized spacial score (nSPS) is 23.9. The molecule has 1 amide bonds. The van der Waals surface area contributed by atoms with E-state index < -0.39 is 0 Å². The molecule has 0 N–H and O–H groups in total. The second-order valence-electron chi connectivity index (χ2n) is 6.69. The Hall–Kier alpha value is -2.37. The van der Waals surface area contributed by atoms with Crippen molar-refractivity contribution in [2.24, 2.45) is 5.92 Å². The van der Waals surface area contributed by atoms with Crippen LogP contribution in [0.25, 0.3) is 0 Å². The van der Waals surface area contributed by atoms with Gasteiger partial charge in [-0.3, -0.25) is 4.79 Å². The molecule has 2 aromatic heterocycles. The maximum Gasteiger partial charge on any atom is 0.276 e. The number of rotatable bonds is 2. The van der Waals surface area contributed by atoms with E-state index in [1.54, 1.807) is 13.0 Å². The van der Waals surface area contributed by atoms with Crippen LogP contribution in [0.2, 0.25) is 0 Å². The van der Waals surface area contributed by atoms with Gasteiger partial charge in [-0.2, -0.15) is 0 Å². The zero-order valence-corrected chi connectivity index (χ0v) is 13.9. The van der Waals surface area contributed by atoms with Crippen LogP contribution < -0.4 is 4.90 Å². The van der Waals surface area contributed by atoms with Crippen molar-refractivity contribution in [3.63, 3.8) is 0 Å². The van der Waals surface area contributed by atoms with E-state index in [9.17, 15) is 4.79 Å². The zero-order valence-electron chi connectivity index (χ0n) is 13.9. The maximum absolute atomic E-state index is 12.6. The van der Waals surface area contributed by atoms with E-state index in [1.165, 1.54) is 6.42 Å². The summed E-state index contributed by atoms with van der Waals surface area (Å²) in [6.07, 6.45) is 5.04. The standard InChI is InChI=1S/C18H22N4O2/c1-13-12-15(20-24-13)18(23)21-9-5-14-6-11-22(16(14)7-10-21)17-4-2-3-8-19-17/h2-4,8,12,14,16H,5-7,9-11H2,1H3/t14-,16+/m0/s1. The molecule has 0 aromatic carbocycles. The third-order valence-corrected chi connectivity index (χ3v) is 5.23. The quantitative estimate of drug-likeness (QED) is 0.848. The minimum absolute atomic E-state index is 0.0174. The number of hydrogen-bond acceptors (Lipinski definition) is 5. The second-order valence-corrected chi connectivity index (χ2v) is 6.69. The monoisotopic (exact) mass is 326 g/mol. The number of carbonyl (C=O) groups excluding carboxylic acids is 1. The molecule has 2 aromatic rings. The van der Waals surface area contributed by atoms with Crippen LogP contribution in [0.1, 0.15) is 35.5 Å². The van der Waals surface area contributed by atoms with Gasteiger partial charge in [0.1, 0.15) is 11.6 Å². The highest BCUT2D eigenvalue weighted by molar-refractivity contribution is 5.92. The van der Waals surface area contributed by atoms with Gasteiger partial charge in [-0.15, -0.1) is 0 Å². The smallest absolute Gasteiger partial charge is 0.276 e. The number of aromatic nitrogens is 2. The number of hydrogen-bond donors (Lipinski definition) is 0. The van der Waals surface area contributed by atoms with E-state index in [0.29, 0.717) is 23.4 Å². The summed E-state index contributed by atoms with van der Waals surface area (Å²) in [6.45, 7) is 4.42. The van der Waals surface area contributed by atoms with Crippen LogP contribution in [0.15, 0.2) is 35.0 Å². The lowest BCUT2D eigenvalue weighted by molar-refractivity contribution is 0.0748. The highest BCUT2D eigenvalue weighted by atomic mass is 16.5. The average Bonchev–Trinajstić information content (AvgIpc) is 3.16. The Morgan fingerprint density at radius 3 is 2.79 bits per heavy atom. The first-order valence-electron chi connectivity index (χ1n) is 8.62. The number of likely N-dealkylation sites (tertiary alicyclic amines) is 1. The lowest BCUT2D eigenvalue weighted by Crippen LogP contribution is -2.36. The van der Waals surface area contributed by atoms with Gasteiger partial charge in [-0.1, -0.05) is 11.2 Å². The molecular weight excluding hydrogens is 304 g/mol. The van der Waals surface area contributed by atoms with Crippen molar-refractivity contribution in [3.8, 4) is 0 Å². The zero-order chi connectivity index (χ0) is 16.5. The van der Waals surface area contributed by atoms with Crippen molar-refractivity contribution in [1.82, 2.24) is 15.0 Å². The Kier molecular flexibility index (Phi) is 3.96. The first-order chi connectivity index (χ1) is 11.7. The number of nitrogens with zero attached hydrogens (tertiary/aromatic N) is 4. The van der Waals surface area contributed by atoms with Gasteiger partial charge in [0.15, 0.2) is 5.69 Å². The molecular formula is C18H22N4O2. The van der Waals surface area contributed by atoms with Gasteiger partial charge in [-0.25, -0.2) is 4.98 Å². The fraction of sp³-hybridized carbons (Fsp3) is 0.500. The summed E-state index contributed by atoms with van der Waals surface area (Å²) in [6, 6.07) is 8.25. The molecule has 24 heavy (non-hydrogen) atoms. The van der Waals surface area contributed by atoms with Gasteiger partial charge in [0.25, 0.3) is 5.91 Å². The summed E-state index contributed by atoms with van der Waals surface area (Å²) >= 11 is 0. The molecule has 0 bridgehead atoms. The summed E-state index contributed by atoms with van der Waals surface area (Å²) in [4.78, 5) is 21.5. The van der Waals surface area contributed by atoms with Gasteiger partial charge in [0.2, 0.25) is 0 Å². The van der Waals surface area contributed by atoms with Gasteiger partial charge in [-0.05, 0) is 44.2 Å². The van der Waals surface area contributed by atoms with Crippen LogP contribution in [0.3, 0.4) is 0 Å². The van der Waals surface area contributed by atoms with Gasteiger partial charge < -0.3 is 14.3 Å². The summed E-state index contributed by atoms with van der Waals surface area (Å²) in [5, 5.41) is 3.87. The van der Waals surface area contributed by atoms with Crippen molar-refractivity contribution >= 4 is 11.7 Å². The molecule has 0 aliphatic carbocycles. The summed E-state index contributed by atoms with van der Waals surface area (Å²) < 4.78 is 5.04. The molecule has 4 rings (SSSR count). The number of anilines is 1. The van der Waals surface area contributed by atoms with Crippen molar-refractivity contribution in [2.45, 2.75) is 32.2 Å². The molecule has 2 fully saturated rings. The molecule has 0 unspecified atom stereocenters. The van der Waals surface area contributed by atoms with E-state index in [1.807, 2.05) is 23.2 Å². The summed E-state index contributed by atoms with van der Waals surface area (Å²) in [5.41, 5.74) is 0.418. The van der Waals surface area contributed by atoms with Crippen molar-refractivity contribution in [2.75, 3.05) is 24.5 Å². The van der Waals surface area contributed by atoms with E-state index >= 15 is 0 Å². The highest BCUT2D eigenvalue weighted by Crippen LogP contribution is 2.34. The van der Waals surface area contributed by atoms with Crippen LogP contribution in [-0.4, -0.2) is 46.6 Å². The molecule has 4 heterocycles. The molecule has 126 valence electrons. The van der Waals surface area contributed by atoms with Crippen LogP contribution >= 0.6 is 0 Å². The Balaban J connectivity index is 1.48. The predicted molar refractivity (Wildman–Crippen MR) is 89.9 cm³/mol. The molecule has 0 saturated carbocycles. The van der Waals surface area contributed by atoms with E-state index in [0.717, 1.165) is 38.3 Å². The van der Waals surface area contributed by atoms with Crippen LogP contribution in [0, 0.1) is 12.8 Å². The molecule has 2 aliphatic heterocycles. The molecule has 2 saturated heterocycles. The Morgan fingerprint density at radius 1 is 1.21 bits per heavy atom. The van der Waals surface area contributed by atoms with Crippen LogP contribution in [0.4, 0.5) is 5.82 Å². The van der Waals surface area contributed by atoms with Crippen molar-refractivity contribution < 1.29 is 9.32 Å². The Morgan fingerprint density at radius 2 is 2.04 bits per heavy atom. The summed E-state index contributed by atoms with van der Waals surface area (Å²) in [7, 11) is 0. The minimum Gasteiger partial charge on any atom is -0.361 e. The lowest BCUT2D eigenvalue weighted by atomic mass is 9.96. The molecule has 2 aliphatic rings. The number of amides is 1. The molecule has 0 radical (unpaired) electrons. The first kappa shape index (κ1) is 15.2. The van der Waals surface area contributed by atoms with Crippen LogP contribution in [0.5, 0.6) is 0 Å². The molecule has 2 atom stereocenters. The Labute approximate surface area is 141 Å². The SMILES string of the molecule is Cc1cc(C(=O)N2CC[C@H]3CCN(c4ccccn4)[C@@H]3CC2)no1. The van der Waals surface area contributed by atoms with Crippen molar-refractivity contribution in [1.29, 1.82) is 0 Å². The van der Waals surface area contributed by atoms with E-state index in [2.05, 4.69) is 21.1 Å². The van der Waals surface area contributed by atoms with Gasteiger partial charge in [0, 0.05) is 37.9 Å². The maximum atomic E-state index is 12.6. The van der Waals surface area contributed by atoms with Gasteiger partial charge in [0.05, 0.1) is 0 Å². The predicted octanol–water partition coefficient (Wildman–Crippen LogP) is 2.51. The second kappa shape index (κ2) is 6.26. The van der Waals surface area contributed by atoms with E-state index in [-0.39, 0.29) is 5.91 Å². The fourth-order valence-electron chi connectivity index (χ4n) is 4.01. The molecule has 0 spiro atoms. The fourth-order valence-corrected chi connectivity index (χ4v) is 4.01. The number of aryl methyl sites for hydroxylation is 1. The molecule has 6 nitrogen and oxygen atoms in total. The first-order valence-corrected chi connectivity index (χ1v) is 8.62. The van der Waals surface area contributed by atoms with Gasteiger partial charge >= 0.3 is 0 Å². The average molecular weight is 326 g/mol. The number of pyridine rings is 1. The third-order valence-electron chi connectivity index (χ3n) is 5.23. The topological polar surface area (TPSA) is 62.5 Å². The Bertz CT molecular complexity index is 715. The number of fused-ring (bicyclic) bond motifs is 1. The minimum atomic E-state index is -0.0174. The molecule has 6 heteroatoms. The summed E-state index contributed by atoms with van der Waals surface area (Å²) in [5.74, 6) is 2.34. The van der Waals surface area contributed by atoms with E-state index in [4.69, 9.17) is 4.52 Å². The van der Waals surface area contributed by atoms with Crippen LogP contribution in [-0.2, 0) is 0 Å². The largest absolute Gasteiger partial charge is 0.361 e. The number of carbonyl (C=O) groups is 1. The third kappa shape index (κ3) is 2.77.